The Morgan fingerprint density at radius 1 is 1.50 bits per heavy atom. The summed E-state index contributed by atoms with van der Waals surface area (Å²) in [5.74, 6) is 0.280. The van der Waals surface area contributed by atoms with E-state index in [1.165, 1.54) is 7.11 Å². The summed E-state index contributed by atoms with van der Waals surface area (Å²) < 4.78 is 4.99. The van der Waals surface area contributed by atoms with E-state index in [4.69, 9.17) is 10.5 Å². The van der Waals surface area contributed by atoms with E-state index >= 15 is 0 Å². The van der Waals surface area contributed by atoms with Crippen LogP contribution in [0.4, 0.5) is 0 Å². The molecule has 0 bridgehead atoms. The highest BCUT2D eigenvalue weighted by molar-refractivity contribution is 5.76. The summed E-state index contributed by atoms with van der Waals surface area (Å²) in [5.41, 5.74) is 5.40. The number of carbonyl (C=O) groups is 1. The summed E-state index contributed by atoms with van der Waals surface area (Å²) in [6.45, 7) is 4.66. The lowest BCUT2D eigenvalue weighted by molar-refractivity contribution is -0.123. The first-order chi connectivity index (χ1) is 7.49. The quantitative estimate of drug-likeness (QED) is 0.544. The Kier molecular flexibility index (Phi) is 8.15. The largest absolute Gasteiger partial charge is 0.391 e. The van der Waals surface area contributed by atoms with E-state index in [2.05, 4.69) is 5.32 Å². The second kappa shape index (κ2) is 8.50. The second-order valence-corrected chi connectivity index (χ2v) is 4.38. The predicted octanol–water partition coefficient (Wildman–Crippen LogP) is -0.127. The first kappa shape index (κ1) is 15.3. The Morgan fingerprint density at radius 3 is 2.56 bits per heavy atom. The van der Waals surface area contributed by atoms with Crippen molar-refractivity contribution in [2.45, 2.75) is 38.9 Å². The van der Waals surface area contributed by atoms with Gasteiger partial charge in [0.2, 0.25) is 5.91 Å². The topological polar surface area (TPSA) is 84.6 Å². The molecular weight excluding hydrogens is 208 g/mol. The Labute approximate surface area is 97.3 Å². The molecule has 96 valence electrons. The molecule has 2 unspecified atom stereocenters. The summed E-state index contributed by atoms with van der Waals surface area (Å²) in [5, 5.41) is 12.2. The molecule has 16 heavy (non-hydrogen) atoms. The van der Waals surface area contributed by atoms with E-state index in [1.807, 2.05) is 13.8 Å². The van der Waals surface area contributed by atoms with Crippen LogP contribution in [-0.2, 0) is 9.53 Å². The van der Waals surface area contributed by atoms with Gasteiger partial charge in [-0.1, -0.05) is 13.8 Å². The van der Waals surface area contributed by atoms with E-state index in [0.717, 1.165) is 0 Å². The second-order valence-electron chi connectivity index (χ2n) is 4.38. The van der Waals surface area contributed by atoms with Crippen LogP contribution >= 0.6 is 0 Å². The van der Waals surface area contributed by atoms with Gasteiger partial charge in [-0.3, -0.25) is 4.79 Å². The predicted molar refractivity (Wildman–Crippen MR) is 62.9 cm³/mol. The molecule has 0 aromatic rings. The van der Waals surface area contributed by atoms with Crippen molar-refractivity contribution in [3.8, 4) is 0 Å². The van der Waals surface area contributed by atoms with E-state index in [9.17, 15) is 9.90 Å². The fourth-order valence-corrected chi connectivity index (χ4v) is 1.40. The fraction of sp³-hybridized carbons (Fsp3) is 0.909. The lowest BCUT2D eigenvalue weighted by atomic mass is 10.1. The van der Waals surface area contributed by atoms with Crippen LogP contribution < -0.4 is 11.1 Å². The maximum absolute atomic E-state index is 11.4. The summed E-state index contributed by atoms with van der Waals surface area (Å²) >= 11 is 0. The molecule has 0 saturated carbocycles. The maximum atomic E-state index is 11.4. The molecule has 1 amide bonds. The van der Waals surface area contributed by atoms with Crippen LogP contribution in [0.2, 0.25) is 0 Å². The zero-order valence-electron chi connectivity index (χ0n) is 10.4. The Morgan fingerprint density at radius 2 is 2.12 bits per heavy atom. The van der Waals surface area contributed by atoms with Crippen LogP contribution in [0.5, 0.6) is 0 Å². The van der Waals surface area contributed by atoms with Crippen molar-refractivity contribution in [1.29, 1.82) is 0 Å². The number of rotatable bonds is 8. The first-order valence-electron chi connectivity index (χ1n) is 5.67. The molecule has 0 aromatic carbocycles. The lowest BCUT2D eigenvalue weighted by Gasteiger charge is -2.16. The normalized spacial score (nSPS) is 14.9. The van der Waals surface area contributed by atoms with E-state index in [-0.39, 0.29) is 25.0 Å². The molecule has 0 aromatic heterocycles. The maximum Gasteiger partial charge on any atom is 0.222 e. The number of aliphatic hydroxyl groups is 1. The Bertz CT molecular complexity index is 194. The number of ether oxygens (including phenoxy) is 1. The van der Waals surface area contributed by atoms with Crippen molar-refractivity contribution in [3.05, 3.63) is 0 Å². The van der Waals surface area contributed by atoms with Crippen LogP contribution in [0.25, 0.3) is 0 Å². The van der Waals surface area contributed by atoms with Crippen molar-refractivity contribution in [2.75, 3.05) is 20.2 Å². The number of methoxy groups -OCH3 is 1. The van der Waals surface area contributed by atoms with Crippen LogP contribution in [-0.4, -0.2) is 43.4 Å². The minimum absolute atomic E-state index is 0.139. The van der Waals surface area contributed by atoms with Gasteiger partial charge in [-0.15, -0.1) is 0 Å². The fourth-order valence-electron chi connectivity index (χ4n) is 1.40. The van der Waals surface area contributed by atoms with Crippen LogP contribution in [0.15, 0.2) is 0 Å². The number of amides is 1. The number of aliphatic hydroxyl groups excluding tert-OH is 1. The van der Waals surface area contributed by atoms with Gasteiger partial charge in [0.05, 0.1) is 18.6 Å². The van der Waals surface area contributed by atoms with Crippen LogP contribution in [0.1, 0.15) is 26.7 Å². The molecule has 2 atom stereocenters. The van der Waals surface area contributed by atoms with Gasteiger partial charge in [-0.2, -0.15) is 0 Å². The number of carbonyl (C=O) groups excluding carboxylic acids is 1. The Balaban J connectivity index is 3.72. The van der Waals surface area contributed by atoms with Crippen molar-refractivity contribution >= 4 is 5.91 Å². The summed E-state index contributed by atoms with van der Waals surface area (Å²) in [6, 6.07) is 0. The lowest BCUT2D eigenvalue weighted by Crippen LogP contribution is -2.36. The summed E-state index contributed by atoms with van der Waals surface area (Å²) in [6.07, 6.45) is 0.191. The minimum atomic E-state index is -0.483. The third-order valence-electron chi connectivity index (χ3n) is 2.29. The number of hydrogen-bond acceptors (Lipinski definition) is 4. The van der Waals surface area contributed by atoms with Gasteiger partial charge in [-0.05, 0) is 12.3 Å². The summed E-state index contributed by atoms with van der Waals surface area (Å²) in [4.78, 5) is 11.4. The van der Waals surface area contributed by atoms with E-state index in [1.54, 1.807) is 0 Å². The van der Waals surface area contributed by atoms with Gasteiger partial charge >= 0.3 is 0 Å². The average Bonchev–Trinajstić information content (AvgIpc) is 2.22. The minimum Gasteiger partial charge on any atom is -0.391 e. The molecule has 5 nitrogen and oxygen atoms in total. The van der Waals surface area contributed by atoms with Crippen molar-refractivity contribution in [2.24, 2.45) is 11.7 Å². The number of hydrogen-bond donors (Lipinski definition) is 3. The van der Waals surface area contributed by atoms with Crippen LogP contribution in [0, 0.1) is 5.92 Å². The SMILES string of the molecule is COC(CN)CC(=O)NCC(O)CC(C)C. The molecule has 0 fully saturated rings. The standard InChI is InChI=1S/C11H24N2O3/c1-8(2)4-9(14)7-13-11(15)5-10(6-12)16-3/h8-10,14H,4-7,12H2,1-3H3,(H,13,15). The highest BCUT2D eigenvalue weighted by Crippen LogP contribution is 2.03. The third-order valence-corrected chi connectivity index (χ3v) is 2.29. The Hall–Kier alpha value is -0.650. The molecule has 0 aliphatic heterocycles. The van der Waals surface area contributed by atoms with Gasteiger partial charge in [0.1, 0.15) is 0 Å². The number of nitrogens with two attached hydrogens (primary N) is 1. The smallest absolute Gasteiger partial charge is 0.222 e. The zero-order valence-corrected chi connectivity index (χ0v) is 10.4. The van der Waals surface area contributed by atoms with Crippen LogP contribution in [0.3, 0.4) is 0 Å². The van der Waals surface area contributed by atoms with Gasteiger partial charge < -0.3 is 20.9 Å². The highest BCUT2D eigenvalue weighted by atomic mass is 16.5. The summed E-state index contributed by atoms with van der Waals surface area (Å²) in [7, 11) is 1.53. The monoisotopic (exact) mass is 232 g/mol. The van der Waals surface area contributed by atoms with E-state index < -0.39 is 6.10 Å². The molecule has 0 radical (unpaired) electrons. The van der Waals surface area contributed by atoms with Gasteiger partial charge in [-0.25, -0.2) is 0 Å². The van der Waals surface area contributed by atoms with Gasteiger partial charge in [0.25, 0.3) is 0 Å². The molecule has 0 rings (SSSR count). The van der Waals surface area contributed by atoms with E-state index in [0.29, 0.717) is 18.9 Å². The van der Waals surface area contributed by atoms with Crippen molar-refractivity contribution in [3.63, 3.8) is 0 Å². The molecule has 5 heteroatoms. The zero-order chi connectivity index (χ0) is 12.6. The highest BCUT2D eigenvalue weighted by Gasteiger charge is 2.13. The molecule has 0 spiro atoms. The van der Waals surface area contributed by atoms with Crippen molar-refractivity contribution in [1.82, 2.24) is 5.32 Å². The molecule has 0 saturated heterocycles. The molecule has 4 N–H and O–H groups in total. The van der Waals surface area contributed by atoms with Gasteiger partial charge in [0, 0.05) is 20.2 Å². The molecule has 0 aliphatic rings. The van der Waals surface area contributed by atoms with Gasteiger partial charge in [0.15, 0.2) is 0 Å². The third kappa shape index (κ3) is 7.62. The molecular formula is C11H24N2O3. The first-order valence-corrected chi connectivity index (χ1v) is 5.67. The number of nitrogens with one attached hydrogen (secondary N) is 1. The molecule has 0 aliphatic carbocycles. The average molecular weight is 232 g/mol. The molecule has 0 heterocycles. The van der Waals surface area contributed by atoms with Crippen molar-refractivity contribution < 1.29 is 14.6 Å².